The van der Waals surface area contributed by atoms with E-state index >= 15 is 0 Å². The molecule has 0 unspecified atom stereocenters. The van der Waals surface area contributed by atoms with Gasteiger partial charge in [-0.05, 0) is 55.7 Å². The van der Waals surface area contributed by atoms with Crippen molar-refractivity contribution >= 4 is 11.9 Å². The summed E-state index contributed by atoms with van der Waals surface area (Å²) in [6.45, 7) is 0. The molecule has 1 aromatic heterocycles. The van der Waals surface area contributed by atoms with Crippen molar-refractivity contribution in [1.29, 1.82) is 0 Å². The molecular formula is C22H27N3O3. The zero-order valence-corrected chi connectivity index (χ0v) is 16.5. The molecule has 1 amide bonds. The number of carboxylic acid groups (broad SMARTS) is 1. The van der Waals surface area contributed by atoms with Crippen molar-refractivity contribution in [3.63, 3.8) is 0 Å². The number of rotatable bonds is 5. The number of carbonyl (C=O) groups excluding carboxylic acids is 1. The van der Waals surface area contributed by atoms with E-state index in [-0.39, 0.29) is 17.7 Å². The van der Waals surface area contributed by atoms with Crippen molar-refractivity contribution in [3.05, 3.63) is 47.3 Å². The highest BCUT2D eigenvalue weighted by molar-refractivity contribution is 5.89. The van der Waals surface area contributed by atoms with Gasteiger partial charge in [0.15, 0.2) is 0 Å². The van der Waals surface area contributed by atoms with E-state index in [0.717, 1.165) is 49.9 Å². The van der Waals surface area contributed by atoms with E-state index in [9.17, 15) is 14.7 Å². The Bertz CT molecular complexity index is 898. The van der Waals surface area contributed by atoms with E-state index in [2.05, 4.69) is 17.2 Å². The highest BCUT2D eigenvalue weighted by Crippen LogP contribution is 2.43. The zero-order valence-electron chi connectivity index (χ0n) is 16.5. The number of hydrogen-bond donors (Lipinski definition) is 1. The lowest BCUT2D eigenvalue weighted by atomic mass is 9.77. The molecule has 1 aromatic carbocycles. The van der Waals surface area contributed by atoms with Gasteiger partial charge in [0, 0.05) is 25.9 Å². The number of aromatic nitrogens is 2. The van der Waals surface area contributed by atoms with Gasteiger partial charge in [-0.25, -0.2) is 9.48 Å². The molecule has 0 bridgehead atoms. The van der Waals surface area contributed by atoms with Gasteiger partial charge in [0.2, 0.25) is 5.91 Å². The van der Waals surface area contributed by atoms with E-state index in [1.54, 1.807) is 9.58 Å². The minimum absolute atomic E-state index is 0.0859. The van der Waals surface area contributed by atoms with Crippen LogP contribution in [-0.2, 0) is 4.79 Å². The lowest BCUT2D eigenvalue weighted by Gasteiger charge is -2.30. The lowest BCUT2D eigenvalue weighted by Crippen LogP contribution is -2.32. The topological polar surface area (TPSA) is 75.4 Å². The number of carboxylic acids is 1. The first kappa shape index (κ1) is 18.7. The highest BCUT2D eigenvalue weighted by atomic mass is 16.4. The van der Waals surface area contributed by atoms with Gasteiger partial charge in [-0.1, -0.05) is 18.6 Å². The SMILES string of the molecule is CN(C)C(=O)[C@H]1CCC[C@@H](c2cccc(-n3ncc(C(=O)O)c3C3CC3)c2)C1. The lowest BCUT2D eigenvalue weighted by molar-refractivity contribution is -0.134. The second-order valence-corrected chi connectivity index (χ2v) is 8.32. The van der Waals surface area contributed by atoms with E-state index in [1.807, 2.05) is 26.2 Å². The molecule has 2 atom stereocenters. The number of benzene rings is 1. The molecule has 0 spiro atoms. The predicted molar refractivity (Wildman–Crippen MR) is 106 cm³/mol. The minimum atomic E-state index is -0.915. The Morgan fingerprint density at radius 2 is 1.93 bits per heavy atom. The summed E-state index contributed by atoms with van der Waals surface area (Å²) in [5, 5.41) is 13.9. The Labute approximate surface area is 165 Å². The molecule has 148 valence electrons. The van der Waals surface area contributed by atoms with Crippen molar-refractivity contribution in [1.82, 2.24) is 14.7 Å². The fourth-order valence-electron chi connectivity index (χ4n) is 4.47. The first-order valence-corrected chi connectivity index (χ1v) is 10.1. The van der Waals surface area contributed by atoms with Crippen LogP contribution >= 0.6 is 0 Å². The van der Waals surface area contributed by atoms with E-state index in [1.165, 1.54) is 11.8 Å². The van der Waals surface area contributed by atoms with Crippen molar-refractivity contribution in [2.45, 2.75) is 50.4 Å². The Hall–Kier alpha value is -2.63. The number of nitrogens with zero attached hydrogens (tertiary/aromatic N) is 3. The smallest absolute Gasteiger partial charge is 0.339 e. The van der Waals surface area contributed by atoms with Crippen molar-refractivity contribution in [2.75, 3.05) is 14.1 Å². The molecule has 1 N–H and O–H groups in total. The van der Waals surface area contributed by atoms with E-state index in [4.69, 9.17) is 0 Å². The molecule has 2 fully saturated rings. The Morgan fingerprint density at radius 1 is 1.14 bits per heavy atom. The number of carbonyl (C=O) groups is 2. The second-order valence-electron chi connectivity index (χ2n) is 8.32. The minimum Gasteiger partial charge on any atom is -0.478 e. The van der Waals surface area contributed by atoms with Crippen LogP contribution in [0.4, 0.5) is 0 Å². The number of aromatic carboxylic acids is 1. The van der Waals surface area contributed by atoms with Crippen LogP contribution in [0.25, 0.3) is 5.69 Å². The third-order valence-electron chi connectivity index (χ3n) is 6.05. The molecule has 6 heteroatoms. The predicted octanol–water partition coefficient (Wildman–Crippen LogP) is 3.81. The van der Waals surface area contributed by atoms with Gasteiger partial charge in [-0.2, -0.15) is 5.10 Å². The van der Waals surface area contributed by atoms with Crippen molar-refractivity contribution in [2.24, 2.45) is 5.92 Å². The average Bonchev–Trinajstić information content (AvgIpc) is 3.44. The summed E-state index contributed by atoms with van der Waals surface area (Å²) in [4.78, 5) is 25.7. The summed E-state index contributed by atoms with van der Waals surface area (Å²) < 4.78 is 1.80. The summed E-state index contributed by atoms with van der Waals surface area (Å²) in [5.41, 5.74) is 3.24. The quantitative estimate of drug-likeness (QED) is 0.854. The molecule has 1 heterocycles. The summed E-state index contributed by atoms with van der Waals surface area (Å²) in [6, 6.07) is 8.24. The molecule has 6 nitrogen and oxygen atoms in total. The molecule has 2 aromatic rings. The van der Waals surface area contributed by atoms with Crippen LogP contribution < -0.4 is 0 Å². The van der Waals surface area contributed by atoms with Crippen LogP contribution in [0.1, 0.15) is 72.0 Å². The van der Waals surface area contributed by atoms with Gasteiger partial charge in [-0.3, -0.25) is 4.79 Å². The molecule has 0 saturated heterocycles. The molecule has 2 aliphatic carbocycles. The number of amides is 1. The van der Waals surface area contributed by atoms with Gasteiger partial charge < -0.3 is 10.0 Å². The molecule has 2 aliphatic rings. The fraction of sp³-hybridized carbons (Fsp3) is 0.500. The molecule has 0 radical (unpaired) electrons. The van der Waals surface area contributed by atoms with E-state index in [0.29, 0.717) is 11.5 Å². The largest absolute Gasteiger partial charge is 0.478 e. The maximum atomic E-state index is 12.4. The first-order chi connectivity index (χ1) is 13.5. The van der Waals surface area contributed by atoms with Crippen molar-refractivity contribution < 1.29 is 14.7 Å². The standard InChI is InChI=1S/C22H27N3O3/c1-24(2)21(26)17-7-3-5-15(11-17)16-6-4-8-18(12-16)25-20(14-9-10-14)19(13-23-25)22(27)28/h4,6,8,12-15,17H,3,5,7,9-11H2,1-2H3,(H,27,28)/t15-,17+/m1/s1. The third-order valence-corrected chi connectivity index (χ3v) is 6.05. The molecule has 0 aliphatic heterocycles. The fourth-order valence-corrected chi connectivity index (χ4v) is 4.47. The van der Waals surface area contributed by atoms with Gasteiger partial charge in [0.05, 0.1) is 17.6 Å². The summed E-state index contributed by atoms with van der Waals surface area (Å²) in [7, 11) is 3.65. The van der Waals surface area contributed by atoms with Gasteiger partial charge in [0.1, 0.15) is 5.56 Å². The summed E-state index contributed by atoms with van der Waals surface area (Å²) >= 11 is 0. The van der Waals surface area contributed by atoms with Gasteiger partial charge in [-0.15, -0.1) is 0 Å². The molecular weight excluding hydrogens is 354 g/mol. The Kier molecular flexibility index (Phi) is 4.96. The highest BCUT2D eigenvalue weighted by Gasteiger charge is 2.33. The van der Waals surface area contributed by atoms with Crippen LogP contribution in [-0.4, -0.2) is 45.8 Å². The maximum absolute atomic E-state index is 12.4. The molecule has 4 rings (SSSR count). The van der Waals surface area contributed by atoms with Crippen LogP contribution in [0.3, 0.4) is 0 Å². The van der Waals surface area contributed by atoms with Crippen molar-refractivity contribution in [3.8, 4) is 5.69 Å². The first-order valence-electron chi connectivity index (χ1n) is 10.1. The zero-order chi connectivity index (χ0) is 19.8. The molecule has 28 heavy (non-hydrogen) atoms. The number of hydrogen-bond acceptors (Lipinski definition) is 3. The van der Waals surface area contributed by atoms with Crippen LogP contribution in [0.15, 0.2) is 30.5 Å². The molecule has 2 saturated carbocycles. The third kappa shape index (κ3) is 3.55. The Morgan fingerprint density at radius 3 is 2.61 bits per heavy atom. The second kappa shape index (κ2) is 7.41. The summed E-state index contributed by atoms with van der Waals surface area (Å²) in [5.74, 6) is 0.0231. The normalized spacial score (nSPS) is 22.1. The Balaban J connectivity index is 1.62. The van der Waals surface area contributed by atoms with E-state index < -0.39 is 5.97 Å². The maximum Gasteiger partial charge on any atom is 0.339 e. The van der Waals surface area contributed by atoms with Crippen LogP contribution in [0.2, 0.25) is 0 Å². The van der Waals surface area contributed by atoms with Crippen LogP contribution in [0.5, 0.6) is 0 Å². The average molecular weight is 381 g/mol. The van der Waals surface area contributed by atoms with Gasteiger partial charge in [0.25, 0.3) is 0 Å². The van der Waals surface area contributed by atoms with Gasteiger partial charge >= 0.3 is 5.97 Å². The summed E-state index contributed by atoms with van der Waals surface area (Å²) in [6.07, 6.45) is 7.46. The monoisotopic (exact) mass is 381 g/mol. The van der Waals surface area contributed by atoms with Crippen LogP contribution in [0, 0.1) is 5.92 Å².